The molecule has 206 valence electrons. The van der Waals surface area contributed by atoms with Gasteiger partial charge in [0.2, 0.25) is 0 Å². The van der Waals surface area contributed by atoms with Crippen molar-refractivity contribution < 1.29 is 24.9 Å². The molecule has 4 atom stereocenters. The SMILES string of the molecule is Cc1cccc(-c2c(Cl)cccc2C(O)(CCCNC(=O)O)C2CCCN(C(=O)N3C[C@@H](N)[C@@H](O)C3)C2)c1. The predicted molar refractivity (Wildman–Crippen MR) is 146 cm³/mol. The summed E-state index contributed by atoms with van der Waals surface area (Å²) in [4.78, 5) is 27.7. The summed E-state index contributed by atoms with van der Waals surface area (Å²) in [5.74, 6) is -0.312. The number of nitrogens with one attached hydrogen (secondary N) is 1. The van der Waals surface area contributed by atoms with Gasteiger partial charge in [-0.1, -0.05) is 53.6 Å². The molecule has 2 aromatic carbocycles. The number of carboxylic acid groups (broad SMARTS) is 1. The Labute approximate surface area is 228 Å². The van der Waals surface area contributed by atoms with Gasteiger partial charge in [-0.05, 0) is 49.8 Å². The van der Waals surface area contributed by atoms with Crippen LogP contribution in [0.5, 0.6) is 0 Å². The summed E-state index contributed by atoms with van der Waals surface area (Å²) < 4.78 is 0. The number of amides is 3. The molecule has 9 nitrogen and oxygen atoms in total. The molecule has 6 N–H and O–H groups in total. The summed E-state index contributed by atoms with van der Waals surface area (Å²) in [5.41, 5.74) is 7.91. The van der Waals surface area contributed by atoms with Crippen LogP contribution in [0, 0.1) is 12.8 Å². The molecule has 0 bridgehead atoms. The van der Waals surface area contributed by atoms with Gasteiger partial charge >= 0.3 is 12.1 Å². The van der Waals surface area contributed by atoms with Crippen molar-refractivity contribution in [1.82, 2.24) is 15.1 Å². The molecule has 2 heterocycles. The molecule has 38 heavy (non-hydrogen) atoms. The van der Waals surface area contributed by atoms with E-state index in [4.69, 9.17) is 22.4 Å². The van der Waals surface area contributed by atoms with E-state index in [1.807, 2.05) is 43.3 Å². The second-order valence-corrected chi connectivity index (χ2v) is 10.9. The lowest BCUT2D eigenvalue weighted by Gasteiger charge is -2.44. The third-order valence-corrected chi connectivity index (χ3v) is 8.08. The quantitative estimate of drug-likeness (QED) is 0.339. The Bertz CT molecular complexity index is 1150. The second kappa shape index (κ2) is 11.9. The number of likely N-dealkylation sites (tertiary alicyclic amines) is 2. The molecule has 2 aromatic rings. The number of hydrogen-bond acceptors (Lipinski definition) is 5. The molecule has 2 aliphatic heterocycles. The van der Waals surface area contributed by atoms with E-state index in [9.17, 15) is 19.8 Å². The van der Waals surface area contributed by atoms with E-state index in [-0.39, 0.29) is 38.0 Å². The van der Waals surface area contributed by atoms with Crippen molar-refractivity contribution in [2.45, 2.75) is 50.4 Å². The van der Waals surface area contributed by atoms with Crippen molar-refractivity contribution in [3.8, 4) is 11.1 Å². The molecule has 2 aliphatic rings. The lowest BCUT2D eigenvalue weighted by atomic mass is 9.72. The van der Waals surface area contributed by atoms with Crippen LogP contribution in [-0.2, 0) is 5.60 Å². The van der Waals surface area contributed by atoms with Gasteiger partial charge in [0.1, 0.15) is 0 Å². The number of rotatable bonds is 7. The van der Waals surface area contributed by atoms with Crippen LogP contribution < -0.4 is 11.1 Å². The number of halogens is 1. The largest absolute Gasteiger partial charge is 0.465 e. The molecule has 2 saturated heterocycles. The van der Waals surface area contributed by atoms with Gasteiger partial charge in [-0.3, -0.25) is 0 Å². The number of aliphatic hydroxyl groups is 2. The van der Waals surface area contributed by atoms with Crippen molar-refractivity contribution in [1.29, 1.82) is 0 Å². The Morgan fingerprint density at radius 3 is 2.61 bits per heavy atom. The van der Waals surface area contributed by atoms with Crippen molar-refractivity contribution in [2.75, 3.05) is 32.7 Å². The fraction of sp³-hybridized carbons (Fsp3) is 0.500. The number of piperidine rings is 1. The third-order valence-electron chi connectivity index (χ3n) is 7.77. The molecule has 2 fully saturated rings. The van der Waals surface area contributed by atoms with Crippen molar-refractivity contribution in [3.05, 3.63) is 58.6 Å². The molecule has 0 spiro atoms. The molecule has 0 aliphatic carbocycles. The van der Waals surface area contributed by atoms with Crippen LogP contribution in [0.2, 0.25) is 5.02 Å². The summed E-state index contributed by atoms with van der Waals surface area (Å²) in [6.45, 7) is 3.54. The summed E-state index contributed by atoms with van der Waals surface area (Å²) in [5, 5.41) is 34.5. The highest BCUT2D eigenvalue weighted by molar-refractivity contribution is 6.33. The summed E-state index contributed by atoms with van der Waals surface area (Å²) in [6, 6.07) is 12.8. The molecule has 2 unspecified atom stereocenters. The average Bonchev–Trinajstić information content (AvgIpc) is 3.23. The van der Waals surface area contributed by atoms with Gasteiger partial charge in [0.25, 0.3) is 0 Å². The normalized spacial score (nSPS) is 23.2. The fourth-order valence-corrected chi connectivity index (χ4v) is 6.08. The molecule has 0 aromatic heterocycles. The van der Waals surface area contributed by atoms with E-state index in [0.29, 0.717) is 42.9 Å². The number of carbonyl (C=O) groups excluding carboxylic acids is 1. The van der Waals surface area contributed by atoms with Gasteiger partial charge < -0.3 is 36.2 Å². The molecule has 4 rings (SSSR count). The second-order valence-electron chi connectivity index (χ2n) is 10.5. The molecule has 0 saturated carbocycles. The molecule has 10 heteroatoms. The maximum absolute atomic E-state index is 13.3. The Hall–Kier alpha value is -2.85. The zero-order valence-corrected chi connectivity index (χ0v) is 22.4. The lowest BCUT2D eigenvalue weighted by Crippen LogP contribution is -2.52. The highest BCUT2D eigenvalue weighted by Gasteiger charge is 2.44. The van der Waals surface area contributed by atoms with Crippen LogP contribution in [0.3, 0.4) is 0 Å². The Morgan fingerprint density at radius 2 is 1.92 bits per heavy atom. The summed E-state index contributed by atoms with van der Waals surface area (Å²) >= 11 is 6.75. The Kier molecular flexibility index (Phi) is 8.82. The number of aryl methyl sites for hydroxylation is 1. The van der Waals surface area contributed by atoms with E-state index in [1.165, 1.54) is 0 Å². The minimum absolute atomic E-state index is 0.191. The Morgan fingerprint density at radius 1 is 1.16 bits per heavy atom. The van der Waals surface area contributed by atoms with Gasteiger partial charge in [-0.15, -0.1) is 0 Å². The maximum Gasteiger partial charge on any atom is 0.404 e. The lowest BCUT2D eigenvalue weighted by molar-refractivity contribution is -0.0560. The first-order chi connectivity index (χ1) is 18.1. The van der Waals surface area contributed by atoms with Crippen LogP contribution in [0.15, 0.2) is 42.5 Å². The van der Waals surface area contributed by atoms with Crippen molar-refractivity contribution in [2.24, 2.45) is 11.7 Å². The first-order valence-corrected chi connectivity index (χ1v) is 13.5. The first-order valence-electron chi connectivity index (χ1n) is 13.1. The molecular weight excluding hydrogens is 508 g/mol. The number of nitrogens with two attached hydrogens (primary N) is 1. The van der Waals surface area contributed by atoms with Crippen LogP contribution in [0.25, 0.3) is 11.1 Å². The van der Waals surface area contributed by atoms with Gasteiger partial charge in [-0.25, -0.2) is 9.59 Å². The summed E-state index contributed by atoms with van der Waals surface area (Å²) in [6.07, 6.45) is 0.217. The predicted octanol–water partition coefficient (Wildman–Crippen LogP) is 3.39. The number of carbonyl (C=O) groups is 2. The van der Waals surface area contributed by atoms with E-state index in [1.54, 1.807) is 15.9 Å². The van der Waals surface area contributed by atoms with E-state index >= 15 is 0 Å². The first kappa shape index (κ1) is 28.2. The minimum Gasteiger partial charge on any atom is -0.465 e. The maximum atomic E-state index is 13.3. The highest BCUT2D eigenvalue weighted by atomic mass is 35.5. The third kappa shape index (κ3) is 6.07. The topological polar surface area (TPSA) is 139 Å². The molecule has 0 radical (unpaired) electrons. The Balaban J connectivity index is 1.68. The number of benzene rings is 2. The zero-order valence-electron chi connectivity index (χ0n) is 21.6. The van der Waals surface area contributed by atoms with Crippen LogP contribution in [0.1, 0.15) is 36.8 Å². The van der Waals surface area contributed by atoms with Crippen molar-refractivity contribution in [3.63, 3.8) is 0 Å². The van der Waals surface area contributed by atoms with Gasteiger partial charge in [0.05, 0.1) is 11.7 Å². The fourth-order valence-electron chi connectivity index (χ4n) is 5.80. The van der Waals surface area contributed by atoms with Gasteiger partial charge in [0, 0.05) is 55.3 Å². The van der Waals surface area contributed by atoms with Crippen molar-refractivity contribution >= 4 is 23.7 Å². The number of β-amino-alcohol motifs (C(OH)–C–C–N with tert-alkyl or cyclic N) is 1. The van der Waals surface area contributed by atoms with Crippen LogP contribution in [-0.4, -0.2) is 82.1 Å². The standard InChI is InChI=1S/C28H37ClN4O5/c1-18-6-2-7-19(14-18)25-21(9-3-10-22(25)29)28(38,11-5-12-31-26(35)36)20-8-4-13-32(15-20)27(37)33-16-23(30)24(34)17-33/h2-3,6-7,9-10,14,20,23-24,31,34,38H,4-5,8,11-13,15-17,30H2,1H3,(H,35,36)/t20?,23-,24+,28?/m1/s1. The smallest absolute Gasteiger partial charge is 0.404 e. The molecule has 3 amide bonds. The van der Waals surface area contributed by atoms with Gasteiger partial charge in [0.15, 0.2) is 0 Å². The number of hydrogen-bond donors (Lipinski definition) is 5. The van der Waals surface area contributed by atoms with Crippen LogP contribution in [0.4, 0.5) is 9.59 Å². The van der Waals surface area contributed by atoms with E-state index in [0.717, 1.165) is 16.7 Å². The number of nitrogens with zero attached hydrogens (tertiary/aromatic N) is 2. The zero-order chi connectivity index (χ0) is 27.4. The minimum atomic E-state index is -1.37. The number of urea groups is 1. The number of aliphatic hydroxyl groups excluding tert-OH is 1. The molecular formula is C28H37ClN4O5. The highest BCUT2D eigenvalue weighted by Crippen LogP contribution is 2.45. The van der Waals surface area contributed by atoms with E-state index in [2.05, 4.69) is 5.32 Å². The van der Waals surface area contributed by atoms with Gasteiger partial charge in [-0.2, -0.15) is 0 Å². The van der Waals surface area contributed by atoms with E-state index < -0.39 is 23.8 Å². The van der Waals surface area contributed by atoms with Crippen LogP contribution >= 0.6 is 11.6 Å². The summed E-state index contributed by atoms with van der Waals surface area (Å²) in [7, 11) is 0. The monoisotopic (exact) mass is 544 g/mol. The average molecular weight is 545 g/mol.